The zero-order chi connectivity index (χ0) is 13.3. The summed E-state index contributed by atoms with van der Waals surface area (Å²) in [7, 11) is -1.40. The van der Waals surface area contributed by atoms with Crippen LogP contribution in [0.3, 0.4) is 0 Å². The summed E-state index contributed by atoms with van der Waals surface area (Å²) < 4.78 is 5.18. The topological polar surface area (TPSA) is 29.3 Å². The molecule has 0 N–H and O–H groups in total. The molecule has 0 unspecified atom stereocenters. The highest BCUT2D eigenvalue weighted by atomic mass is 28.3. The Labute approximate surface area is 110 Å². The number of ether oxygens (including phenoxy) is 1. The number of esters is 1. The molecule has 1 aromatic rings. The van der Waals surface area contributed by atoms with Crippen LogP contribution in [0.2, 0.25) is 19.6 Å². The minimum absolute atomic E-state index is 0.0704. The lowest BCUT2D eigenvalue weighted by Gasteiger charge is -2.15. The Hall–Kier alpha value is -1.29. The van der Waals surface area contributed by atoms with Crippen LogP contribution in [0, 0.1) is 0 Å². The average Bonchev–Trinajstić information content (AvgIpc) is 3.05. The minimum Gasteiger partial charge on any atom is -0.464 e. The zero-order valence-electron chi connectivity index (χ0n) is 11.5. The van der Waals surface area contributed by atoms with Crippen LogP contribution >= 0.6 is 0 Å². The molecule has 1 saturated heterocycles. The Kier molecular flexibility index (Phi) is 3.48. The number of hydrogen-bond donors (Lipinski definition) is 0. The van der Waals surface area contributed by atoms with Crippen molar-refractivity contribution in [3.63, 3.8) is 0 Å². The molecule has 1 aliphatic heterocycles. The first-order chi connectivity index (χ1) is 8.46. The molecule has 0 radical (unpaired) electrons. The molecular weight excluding hydrogens is 242 g/mol. The predicted octanol–water partition coefficient (Wildman–Crippen LogP) is 2.68. The van der Waals surface area contributed by atoms with Gasteiger partial charge in [-0.15, -0.1) is 0 Å². The molecule has 2 rings (SSSR count). The molecule has 1 aliphatic rings. The van der Waals surface area contributed by atoms with E-state index in [1.54, 1.807) is 0 Å². The average molecular weight is 263 g/mol. The first kappa shape index (κ1) is 13.1. The van der Waals surface area contributed by atoms with Gasteiger partial charge in [0.2, 0.25) is 0 Å². The van der Waals surface area contributed by atoms with E-state index in [0.29, 0.717) is 12.3 Å². The number of anilines is 1. The normalized spacial score (nSPS) is 22.8. The van der Waals surface area contributed by atoms with Crippen molar-refractivity contribution in [1.82, 2.24) is 0 Å². The fraction of sp³-hybridized carbons (Fsp3) is 0.500. The van der Waals surface area contributed by atoms with Crippen LogP contribution in [0.5, 0.6) is 0 Å². The van der Waals surface area contributed by atoms with Crippen molar-refractivity contribution in [3.8, 4) is 0 Å². The second-order valence-corrected chi connectivity index (χ2v) is 11.1. The molecule has 3 nitrogen and oxygen atoms in total. The highest BCUT2D eigenvalue weighted by Gasteiger charge is 2.59. The van der Waals surface area contributed by atoms with Gasteiger partial charge in [0.1, 0.15) is 6.04 Å². The number of hydrogen-bond acceptors (Lipinski definition) is 3. The summed E-state index contributed by atoms with van der Waals surface area (Å²) in [5.74, 6) is -0.0752. The summed E-state index contributed by atoms with van der Waals surface area (Å²) in [6, 6.07) is 10.1. The van der Waals surface area contributed by atoms with Crippen molar-refractivity contribution < 1.29 is 9.53 Å². The van der Waals surface area contributed by atoms with Gasteiger partial charge in [0, 0.05) is 5.69 Å². The number of nitrogens with zero attached hydrogens (tertiary/aromatic N) is 1. The van der Waals surface area contributed by atoms with Gasteiger partial charge in [-0.25, -0.2) is 4.79 Å². The van der Waals surface area contributed by atoms with Gasteiger partial charge >= 0.3 is 5.97 Å². The fourth-order valence-electron chi connectivity index (χ4n) is 2.51. The standard InChI is InChI=1S/C14H21NO2Si/c1-5-17-14(16)12-13(18(2,3)4)15(12)11-9-7-6-8-10-11/h6-10,12-13H,5H2,1-4H3/t12-,13-,15?/m0/s1. The van der Waals surface area contributed by atoms with Gasteiger partial charge in [-0.05, 0) is 19.1 Å². The molecule has 1 aromatic carbocycles. The fourth-order valence-corrected chi connectivity index (χ4v) is 4.82. The van der Waals surface area contributed by atoms with Crippen molar-refractivity contribution in [2.45, 2.75) is 38.3 Å². The monoisotopic (exact) mass is 263 g/mol. The quantitative estimate of drug-likeness (QED) is 0.475. The predicted molar refractivity (Wildman–Crippen MR) is 76.5 cm³/mol. The number of benzene rings is 1. The van der Waals surface area contributed by atoms with Crippen LogP contribution in [0.15, 0.2) is 30.3 Å². The SMILES string of the molecule is CCOC(=O)[C@@H]1[C@H]([Si](C)(C)C)N1c1ccccc1. The van der Waals surface area contributed by atoms with Crippen molar-refractivity contribution in [1.29, 1.82) is 0 Å². The van der Waals surface area contributed by atoms with E-state index in [-0.39, 0.29) is 12.0 Å². The third-order valence-electron chi connectivity index (χ3n) is 3.28. The summed E-state index contributed by atoms with van der Waals surface area (Å²) in [6.45, 7) is 9.21. The summed E-state index contributed by atoms with van der Waals surface area (Å²) in [6.07, 6.45) is 0. The summed E-state index contributed by atoms with van der Waals surface area (Å²) in [5.41, 5.74) is 1.49. The summed E-state index contributed by atoms with van der Waals surface area (Å²) >= 11 is 0. The molecule has 18 heavy (non-hydrogen) atoms. The Bertz CT molecular complexity index is 427. The van der Waals surface area contributed by atoms with Gasteiger partial charge in [0.15, 0.2) is 0 Å². The van der Waals surface area contributed by atoms with E-state index in [4.69, 9.17) is 4.74 Å². The Morgan fingerprint density at radius 2 is 1.89 bits per heavy atom. The Morgan fingerprint density at radius 1 is 1.28 bits per heavy atom. The largest absolute Gasteiger partial charge is 0.464 e. The number of para-hydroxylation sites is 1. The highest BCUT2D eigenvalue weighted by molar-refractivity contribution is 6.80. The molecule has 1 heterocycles. The molecule has 0 bridgehead atoms. The number of rotatable bonds is 4. The lowest BCUT2D eigenvalue weighted by molar-refractivity contribution is -0.142. The van der Waals surface area contributed by atoms with Crippen molar-refractivity contribution >= 4 is 19.7 Å². The second-order valence-electron chi connectivity index (χ2n) is 5.75. The summed E-state index contributed by atoms with van der Waals surface area (Å²) in [4.78, 5) is 14.2. The maximum absolute atomic E-state index is 12.0. The lowest BCUT2D eigenvalue weighted by Crippen LogP contribution is -2.33. The van der Waals surface area contributed by atoms with Crippen molar-refractivity contribution in [2.24, 2.45) is 0 Å². The molecule has 4 heteroatoms. The van der Waals surface area contributed by atoms with Crippen molar-refractivity contribution in [3.05, 3.63) is 30.3 Å². The van der Waals surface area contributed by atoms with E-state index in [1.807, 2.05) is 25.1 Å². The smallest absolute Gasteiger partial charge is 0.330 e. The zero-order valence-corrected chi connectivity index (χ0v) is 12.5. The van der Waals surface area contributed by atoms with Gasteiger partial charge in [0.05, 0.1) is 20.3 Å². The molecule has 98 valence electrons. The first-order valence-corrected chi connectivity index (χ1v) is 10.0. The van der Waals surface area contributed by atoms with E-state index in [1.165, 1.54) is 0 Å². The molecule has 0 aliphatic carbocycles. The Morgan fingerprint density at radius 3 is 2.39 bits per heavy atom. The molecule has 2 atom stereocenters. The minimum atomic E-state index is -1.40. The maximum Gasteiger partial charge on any atom is 0.330 e. The van der Waals surface area contributed by atoms with Crippen LogP contribution < -0.4 is 4.90 Å². The Balaban J connectivity index is 2.21. The van der Waals surface area contributed by atoms with Gasteiger partial charge < -0.3 is 9.64 Å². The van der Waals surface area contributed by atoms with E-state index >= 15 is 0 Å². The van der Waals surface area contributed by atoms with E-state index < -0.39 is 8.07 Å². The molecule has 0 spiro atoms. The molecule has 0 amide bonds. The van der Waals surface area contributed by atoms with Gasteiger partial charge in [-0.3, -0.25) is 0 Å². The van der Waals surface area contributed by atoms with Crippen molar-refractivity contribution in [2.75, 3.05) is 11.5 Å². The third-order valence-corrected chi connectivity index (χ3v) is 5.65. The van der Waals surface area contributed by atoms with Gasteiger partial charge in [-0.2, -0.15) is 0 Å². The maximum atomic E-state index is 12.0. The van der Waals surface area contributed by atoms with Crippen LogP contribution in [-0.2, 0) is 9.53 Å². The van der Waals surface area contributed by atoms with Crippen LogP contribution in [-0.4, -0.2) is 32.4 Å². The third kappa shape index (κ3) is 2.43. The van der Waals surface area contributed by atoms with E-state index in [0.717, 1.165) is 5.69 Å². The van der Waals surface area contributed by atoms with Crippen LogP contribution in [0.25, 0.3) is 0 Å². The van der Waals surface area contributed by atoms with Crippen LogP contribution in [0.1, 0.15) is 6.92 Å². The van der Waals surface area contributed by atoms with Gasteiger partial charge in [0.25, 0.3) is 0 Å². The molecule has 0 aromatic heterocycles. The first-order valence-electron chi connectivity index (χ1n) is 6.47. The molecule has 0 saturated carbocycles. The second kappa shape index (κ2) is 4.76. The van der Waals surface area contributed by atoms with E-state index in [2.05, 4.69) is 36.7 Å². The van der Waals surface area contributed by atoms with E-state index in [9.17, 15) is 4.79 Å². The lowest BCUT2D eigenvalue weighted by atomic mass is 10.3. The highest BCUT2D eigenvalue weighted by Crippen LogP contribution is 2.41. The van der Waals surface area contributed by atoms with Gasteiger partial charge in [-0.1, -0.05) is 37.8 Å². The van der Waals surface area contributed by atoms with Crippen LogP contribution in [0.4, 0.5) is 5.69 Å². The number of carbonyl (C=O) groups is 1. The number of carbonyl (C=O) groups excluding carboxylic acids is 1. The molecule has 1 fully saturated rings. The molecular formula is C14H21NO2Si. The summed E-state index contributed by atoms with van der Waals surface area (Å²) in [5, 5.41) is 0.